The lowest BCUT2D eigenvalue weighted by molar-refractivity contribution is 0.220. The maximum Gasteiger partial charge on any atom is 0.138 e. The highest BCUT2D eigenvalue weighted by Crippen LogP contribution is 2.34. The topological polar surface area (TPSA) is 66.5 Å². The van der Waals surface area contributed by atoms with Gasteiger partial charge in [-0.1, -0.05) is 46.3 Å². The van der Waals surface area contributed by atoms with E-state index in [9.17, 15) is 10.2 Å². The van der Waals surface area contributed by atoms with Gasteiger partial charge < -0.3 is 15.9 Å². The number of aromatic hydroxyl groups is 1. The Hall–Kier alpha value is -1.52. The van der Waals surface area contributed by atoms with Crippen molar-refractivity contribution >= 4 is 21.6 Å². The molecule has 0 aliphatic rings. The third kappa shape index (κ3) is 2.28. The molecule has 0 spiro atoms. The number of phenols is 1. The second-order valence-electron chi connectivity index (χ2n) is 3.70. The van der Waals surface area contributed by atoms with Crippen LogP contribution in [0.15, 0.2) is 46.9 Å². The molecule has 0 saturated carbocycles. The monoisotopic (exact) mass is 293 g/mol. The van der Waals surface area contributed by atoms with Gasteiger partial charge >= 0.3 is 0 Å². The van der Waals surface area contributed by atoms with Crippen molar-refractivity contribution < 1.29 is 10.2 Å². The number of hydrogen-bond donors (Lipinski definition) is 3. The lowest BCUT2D eigenvalue weighted by Crippen LogP contribution is -2.04. The van der Waals surface area contributed by atoms with Crippen molar-refractivity contribution in [2.45, 2.75) is 6.10 Å². The van der Waals surface area contributed by atoms with E-state index in [4.69, 9.17) is 5.73 Å². The third-order valence-electron chi connectivity index (χ3n) is 2.61. The van der Waals surface area contributed by atoms with Gasteiger partial charge in [0.25, 0.3) is 0 Å². The first kappa shape index (κ1) is 12.0. The summed E-state index contributed by atoms with van der Waals surface area (Å²) in [6, 6.07) is 12.2. The highest BCUT2D eigenvalue weighted by atomic mass is 79.9. The molecule has 0 bridgehead atoms. The van der Waals surface area contributed by atoms with Crippen molar-refractivity contribution in [3.8, 4) is 5.75 Å². The number of para-hydroxylation sites is 1. The van der Waals surface area contributed by atoms with Gasteiger partial charge in [-0.05, 0) is 17.7 Å². The standard InChI is InChI=1S/C13H12BrNO2/c14-10-6-2-1-4-8(10)13(17)9-5-3-7-11(16)12(9)15/h1-7,13,16-17H,15H2. The lowest BCUT2D eigenvalue weighted by atomic mass is 10.00. The van der Waals surface area contributed by atoms with Crippen molar-refractivity contribution in [3.05, 3.63) is 58.1 Å². The van der Waals surface area contributed by atoms with Gasteiger partial charge in [0.15, 0.2) is 0 Å². The fraction of sp³-hybridized carbons (Fsp3) is 0.0769. The van der Waals surface area contributed by atoms with E-state index in [2.05, 4.69) is 15.9 Å². The average molecular weight is 294 g/mol. The molecule has 4 heteroatoms. The van der Waals surface area contributed by atoms with Crippen molar-refractivity contribution in [1.82, 2.24) is 0 Å². The van der Waals surface area contributed by atoms with Crippen LogP contribution < -0.4 is 5.73 Å². The second kappa shape index (κ2) is 4.77. The minimum Gasteiger partial charge on any atom is -0.506 e. The van der Waals surface area contributed by atoms with Crippen molar-refractivity contribution in [1.29, 1.82) is 0 Å². The summed E-state index contributed by atoms with van der Waals surface area (Å²) in [5.74, 6) is -0.0198. The van der Waals surface area contributed by atoms with Crippen LogP contribution in [0.3, 0.4) is 0 Å². The number of nitrogen functional groups attached to an aromatic ring is 1. The molecule has 0 radical (unpaired) electrons. The van der Waals surface area contributed by atoms with Crippen LogP contribution in [-0.2, 0) is 0 Å². The molecule has 0 amide bonds. The Balaban J connectivity index is 2.48. The Morgan fingerprint density at radius 1 is 1.00 bits per heavy atom. The Bertz CT molecular complexity index is 543. The minimum atomic E-state index is -0.863. The first-order valence-corrected chi connectivity index (χ1v) is 5.90. The Kier molecular flexibility index (Phi) is 3.36. The van der Waals surface area contributed by atoms with Crippen LogP contribution in [0.5, 0.6) is 5.75 Å². The number of benzene rings is 2. The maximum absolute atomic E-state index is 10.3. The first-order valence-electron chi connectivity index (χ1n) is 5.11. The van der Waals surface area contributed by atoms with E-state index in [0.717, 1.165) is 4.47 Å². The Morgan fingerprint density at radius 3 is 2.35 bits per heavy atom. The highest BCUT2D eigenvalue weighted by Gasteiger charge is 2.17. The molecule has 0 aliphatic carbocycles. The zero-order valence-corrected chi connectivity index (χ0v) is 10.6. The van der Waals surface area contributed by atoms with Crippen LogP contribution >= 0.6 is 15.9 Å². The van der Waals surface area contributed by atoms with E-state index in [1.54, 1.807) is 18.2 Å². The smallest absolute Gasteiger partial charge is 0.138 e. The first-order chi connectivity index (χ1) is 8.11. The number of aliphatic hydroxyl groups excluding tert-OH is 1. The fourth-order valence-corrected chi connectivity index (χ4v) is 2.17. The van der Waals surface area contributed by atoms with Gasteiger partial charge in [0, 0.05) is 10.0 Å². The predicted octanol–water partition coefficient (Wildman–Crippen LogP) is 2.82. The summed E-state index contributed by atoms with van der Waals surface area (Å²) >= 11 is 3.37. The van der Waals surface area contributed by atoms with E-state index in [1.807, 2.05) is 18.2 Å². The zero-order chi connectivity index (χ0) is 12.4. The molecule has 4 N–H and O–H groups in total. The van der Waals surface area contributed by atoms with Gasteiger partial charge in [-0.3, -0.25) is 0 Å². The number of phenolic OH excluding ortho intramolecular Hbond substituents is 1. The van der Waals surface area contributed by atoms with E-state index >= 15 is 0 Å². The molecule has 17 heavy (non-hydrogen) atoms. The quantitative estimate of drug-likeness (QED) is 0.589. The van der Waals surface area contributed by atoms with Gasteiger partial charge in [0.05, 0.1) is 5.69 Å². The molecule has 2 aromatic rings. The van der Waals surface area contributed by atoms with Gasteiger partial charge in [-0.15, -0.1) is 0 Å². The lowest BCUT2D eigenvalue weighted by Gasteiger charge is -2.15. The third-order valence-corrected chi connectivity index (χ3v) is 3.33. The molecular weight excluding hydrogens is 282 g/mol. The molecule has 1 atom stereocenters. The van der Waals surface area contributed by atoms with E-state index in [-0.39, 0.29) is 11.4 Å². The molecule has 1 unspecified atom stereocenters. The number of halogens is 1. The number of hydrogen-bond acceptors (Lipinski definition) is 3. The molecule has 2 aromatic carbocycles. The number of nitrogens with two attached hydrogens (primary N) is 1. The van der Waals surface area contributed by atoms with Crippen LogP contribution in [0, 0.1) is 0 Å². The van der Waals surface area contributed by atoms with Crippen molar-refractivity contribution in [2.24, 2.45) is 0 Å². The van der Waals surface area contributed by atoms with Gasteiger partial charge in [0.1, 0.15) is 11.9 Å². The van der Waals surface area contributed by atoms with Crippen molar-refractivity contribution in [3.63, 3.8) is 0 Å². The maximum atomic E-state index is 10.3. The number of rotatable bonds is 2. The Morgan fingerprint density at radius 2 is 1.65 bits per heavy atom. The molecule has 0 aromatic heterocycles. The number of aliphatic hydroxyl groups is 1. The molecule has 88 valence electrons. The van der Waals surface area contributed by atoms with Gasteiger partial charge in [-0.25, -0.2) is 0 Å². The normalized spacial score (nSPS) is 12.4. The SMILES string of the molecule is Nc1c(O)cccc1C(O)c1ccccc1Br. The Labute approximate surface area is 108 Å². The molecule has 0 aliphatic heterocycles. The van der Waals surface area contributed by atoms with Crippen LogP contribution in [-0.4, -0.2) is 10.2 Å². The predicted molar refractivity (Wildman–Crippen MR) is 70.7 cm³/mol. The summed E-state index contributed by atoms with van der Waals surface area (Å²) in [5.41, 5.74) is 7.16. The summed E-state index contributed by atoms with van der Waals surface area (Å²) in [6.07, 6.45) is -0.863. The second-order valence-corrected chi connectivity index (χ2v) is 4.56. The molecular formula is C13H12BrNO2. The summed E-state index contributed by atoms with van der Waals surface area (Å²) < 4.78 is 0.801. The van der Waals surface area contributed by atoms with Crippen LogP contribution in [0.1, 0.15) is 17.2 Å². The van der Waals surface area contributed by atoms with E-state index < -0.39 is 6.10 Å². The fourth-order valence-electron chi connectivity index (χ4n) is 1.67. The molecule has 2 rings (SSSR count). The van der Waals surface area contributed by atoms with Crippen molar-refractivity contribution in [2.75, 3.05) is 5.73 Å². The largest absolute Gasteiger partial charge is 0.506 e. The van der Waals surface area contributed by atoms with Gasteiger partial charge in [-0.2, -0.15) is 0 Å². The number of anilines is 1. The van der Waals surface area contributed by atoms with E-state index in [0.29, 0.717) is 11.1 Å². The van der Waals surface area contributed by atoms with Crippen LogP contribution in [0.25, 0.3) is 0 Å². The van der Waals surface area contributed by atoms with Crippen LogP contribution in [0.4, 0.5) is 5.69 Å². The van der Waals surface area contributed by atoms with E-state index in [1.165, 1.54) is 6.07 Å². The minimum absolute atomic E-state index is 0.0198. The van der Waals surface area contributed by atoms with Gasteiger partial charge in [0.2, 0.25) is 0 Å². The highest BCUT2D eigenvalue weighted by molar-refractivity contribution is 9.10. The molecule has 0 heterocycles. The average Bonchev–Trinajstić information content (AvgIpc) is 2.32. The summed E-state index contributed by atoms with van der Waals surface area (Å²) in [5, 5.41) is 19.8. The summed E-state index contributed by atoms with van der Waals surface area (Å²) in [7, 11) is 0. The summed E-state index contributed by atoms with van der Waals surface area (Å²) in [6.45, 7) is 0. The molecule has 3 nitrogen and oxygen atoms in total. The van der Waals surface area contributed by atoms with Crippen LogP contribution in [0.2, 0.25) is 0 Å². The summed E-state index contributed by atoms with van der Waals surface area (Å²) in [4.78, 5) is 0. The zero-order valence-electron chi connectivity index (χ0n) is 8.97. The molecule has 0 fully saturated rings. The molecule has 0 saturated heterocycles.